The number of amides is 2. The zero-order valence-corrected chi connectivity index (χ0v) is 14.8. The van der Waals surface area contributed by atoms with E-state index >= 15 is 0 Å². The third-order valence-corrected chi connectivity index (χ3v) is 3.99. The topological polar surface area (TPSA) is 69.8 Å². The smallest absolute Gasteiger partial charge is 0.308 e. The van der Waals surface area contributed by atoms with Crippen molar-refractivity contribution in [2.75, 3.05) is 10.6 Å². The number of urea groups is 1. The monoisotopic (exact) mass is 354 g/mol. The predicted molar refractivity (Wildman–Crippen MR) is 102 cm³/mol. The highest BCUT2D eigenvalue weighted by Crippen LogP contribution is 2.24. The highest BCUT2D eigenvalue weighted by molar-refractivity contribution is 6.30. The number of carbonyl (C=O) groups excluding carboxylic acids is 1. The summed E-state index contributed by atoms with van der Waals surface area (Å²) in [5, 5.41) is 13.6. The quantitative estimate of drug-likeness (QED) is 0.579. The van der Waals surface area contributed by atoms with Gasteiger partial charge in [0.1, 0.15) is 0 Å². The van der Waals surface area contributed by atoms with Gasteiger partial charge in [-0.05, 0) is 48.4 Å². The van der Waals surface area contributed by atoms with Gasteiger partial charge in [0.15, 0.2) is 0 Å². The number of H-pyrrole nitrogens is 1. The maximum Gasteiger partial charge on any atom is 0.323 e. The normalized spacial score (nSPS) is 10.7. The van der Waals surface area contributed by atoms with E-state index < -0.39 is 0 Å². The van der Waals surface area contributed by atoms with Crippen LogP contribution in [0.25, 0.3) is 11.3 Å². The molecule has 0 fully saturated rings. The second-order valence-electron chi connectivity index (χ2n) is 6.03. The molecule has 3 aromatic rings. The SMILES string of the molecule is CC(C)c1cc(-c2cccc(NC(=O)Nc3ccc(Cl)cc3)c2)n[nH]1. The first-order chi connectivity index (χ1) is 12.0. The van der Waals surface area contributed by atoms with E-state index in [1.807, 2.05) is 30.3 Å². The Hall–Kier alpha value is -2.79. The molecule has 0 aliphatic carbocycles. The summed E-state index contributed by atoms with van der Waals surface area (Å²) in [5.74, 6) is 0.382. The molecule has 2 aromatic carbocycles. The molecule has 5 nitrogen and oxygen atoms in total. The van der Waals surface area contributed by atoms with Gasteiger partial charge < -0.3 is 10.6 Å². The summed E-state index contributed by atoms with van der Waals surface area (Å²) < 4.78 is 0. The largest absolute Gasteiger partial charge is 0.323 e. The van der Waals surface area contributed by atoms with Gasteiger partial charge in [-0.25, -0.2) is 4.79 Å². The van der Waals surface area contributed by atoms with Gasteiger partial charge in [0.25, 0.3) is 0 Å². The van der Waals surface area contributed by atoms with Crippen LogP contribution in [0.15, 0.2) is 54.6 Å². The fraction of sp³-hybridized carbons (Fsp3) is 0.158. The average Bonchev–Trinajstić information content (AvgIpc) is 3.07. The molecule has 128 valence electrons. The number of benzene rings is 2. The molecule has 0 spiro atoms. The fourth-order valence-corrected chi connectivity index (χ4v) is 2.49. The van der Waals surface area contributed by atoms with E-state index in [1.54, 1.807) is 24.3 Å². The first-order valence-corrected chi connectivity index (χ1v) is 8.38. The van der Waals surface area contributed by atoms with Crippen LogP contribution in [-0.2, 0) is 0 Å². The van der Waals surface area contributed by atoms with Gasteiger partial charge in [-0.2, -0.15) is 5.10 Å². The van der Waals surface area contributed by atoms with Crippen molar-refractivity contribution in [3.63, 3.8) is 0 Å². The first-order valence-electron chi connectivity index (χ1n) is 8.00. The maximum atomic E-state index is 12.1. The van der Waals surface area contributed by atoms with Crippen molar-refractivity contribution in [2.45, 2.75) is 19.8 Å². The number of halogens is 1. The van der Waals surface area contributed by atoms with Gasteiger partial charge in [0, 0.05) is 27.7 Å². The van der Waals surface area contributed by atoms with Crippen LogP contribution in [0.4, 0.5) is 16.2 Å². The van der Waals surface area contributed by atoms with Crippen molar-refractivity contribution >= 4 is 29.0 Å². The summed E-state index contributed by atoms with van der Waals surface area (Å²) in [6.07, 6.45) is 0. The Morgan fingerprint density at radius 2 is 1.76 bits per heavy atom. The number of aromatic amines is 1. The second kappa shape index (κ2) is 7.40. The summed E-state index contributed by atoms with van der Waals surface area (Å²) in [7, 11) is 0. The minimum Gasteiger partial charge on any atom is -0.308 e. The highest BCUT2D eigenvalue weighted by atomic mass is 35.5. The number of hydrogen-bond acceptors (Lipinski definition) is 2. The highest BCUT2D eigenvalue weighted by Gasteiger charge is 2.08. The lowest BCUT2D eigenvalue weighted by Gasteiger charge is -2.08. The van der Waals surface area contributed by atoms with Gasteiger partial charge in [-0.3, -0.25) is 5.10 Å². The van der Waals surface area contributed by atoms with Crippen LogP contribution in [0.2, 0.25) is 5.02 Å². The van der Waals surface area contributed by atoms with Crippen LogP contribution in [0.5, 0.6) is 0 Å². The molecule has 1 aromatic heterocycles. The van der Waals surface area contributed by atoms with Gasteiger partial charge in [0.2, 0.25) is 0 Å². The Labute approximate surface area is 151 Å². The van der Waals surface area contributed by atoms with Crippen LogP contribution in [-0.4, -0.2) is 16.2 Å². The van der Waals surface area contributed by atoms with Crippen LogP contribution in [0, 0.1) is 0 Å². The molecule has 0 radical (unpaired) electrons. The van der Waals surface area contributed by atoms with Crippen LogP contribution in [0.1, 0.15) is 25.5 Å². The number of carbonyl (C=O) groups is 1. The molecule has 0 aliphatic rings. The average molecular weight is 355 g/mol. The number of anilines is 2. The molecule has 3 N–H and O–H groups in total. The third kappa shape index (κ3) is 4.39. The minimum absolute atomic E-state index is 0.315. The van der Waals surface area contributed by atoms with E-state index in [2.05, 4.69) is 34.7 Å². The van der Waals surface area contributed by atoms with Crippen molar-refractivity contribution in [3.05, 3.63) is 65.3 Å². The van der Waals surface area contributed by atoms with E-state index in [-0.39, 0.29) is 6.03 Å². The van der Waals surface area contributed by atoms with E-state index in [0.29, 0.717) is 22.3 Å². The van der Waals surface area contributed by atoms with Crippen molar-refractivity contribution in [2.24, 2.45) is 0 Å². The fourth-order valence-electron chi connectivity index (χ4n) is 2.36. The maximum absolute atomic E-state index is 12.1. The molecule has 0 atom stereocenters. The third-order valence-electron chi connectivity index (χ3n) is 3.74. The molecule has 6 heteroatoms. The van der Waals surface area contributed by atoms with Crippen molar-refractivity contribution in [1.29, 1.82) is 0 Å². The minimum atomic E-state index is -0.315. The number of hydrogen-bond donors (Lipinski definition) is 3. The molecule has 3 rings (SSSR count). The molecule has 0 saturated carbocycles. The van der Waals surface area contributed by atoms with E-state index in [0.717, 1.165) is 17.0 Å². The van der Waals surface area contributed by atoms with Gasteiger partial charge in [-0.1, -0.05) is 37.6 Å². The zero-order valence-electron chi connectivity index (χ0n) is 14.0. The number of nitrogens with one attached hydrogen (secondary N) is 3. The Kier molecular flexibility index (Phi) is 5.05. The summed E-state index contributed by atoms with van der Waals surface area (Å²) in [5.41, 5.74) is 4.23. The van der Waals surface area contributed by atoms with Gasteiger partial charge >= 0.3 is 6.03 Å². The summed E-state index contributed by atoms with van der Waals surface area (Å²) >= 11 is 5.84. The van der Waals surface area contributed by atoms with E-state index in [1.165, 1.54) is 0 Å². The Morgan fingerprint density at radius 3 is 2.44 bits per heavy atom. The Morgan fingerprint density at radius 1 is 1.04 bits per heavy atom. The number of rotatable bonds is 4. The predicted octanol–water partition coefficient (Wildman–Crippen LogP) is 5.50. The van der Waals surface area contributed by atoms with Crippen molar-refractivity contribution < 1.29 is 4.79 Å². The lowest BCUT2D eigenvalue weighted by Crippen LogP contribution is -2.19. The lowest BCUT2D eigenvalue weighted by molar-refractivity contribution is 0.262. The van der Waals surface area contributed by atoms with Crippen LogP contribution >= 0.6 is 11.6 Å². The summed E-state index contributed by atoms with van der Waals surface area (Å²) in [6, 6.07) is 16.2. The van der Waals surface area contributed by atoms with Crippen LogP contribution < -0.4 is 10.6 Å². The molecule has 0 bridgehead atoms. The molecule has 0 saturated heterocycles. The van der Waals surface area contributed by atoms with E-state index in [4.69, 9.17) is 11.6 Å². The van der Waals surface area contributed by atoms with E-state index in [9.17, 15) is 4.79 Å². The molecule has 2 amide bonds. The van der Waals surface area contributed by atoms with Gasteiger partial charge in [-0.15, -0.1) is 0 Å². The number of aromatic nitrogens is 2. The molecule has 0 unspecified atom stereocenters. The van der Waals surface area contributed by atoms with Crippen molar-refractivity contribution in [1.82, 2.24) is 10.2 Å². The standard InChI is InChI=1S/C19H19ClN4O/c1-12(2)17-11-18(24-23-17)13-4-3-5-16(10-13)22-19(25)21-15-8-6-14(20)7-9-15/h3-12H,1-2H3,(H,23,24)(H2,21,22,25). The Balaban J connectivity index is 1.70. The zero-order chi connectivity index (χ0) is 17.8. The summed E-state index contributed by atoms with van der Waals surface area (Å²) in [6.45, 7) is 4.22. The Bertz CT molecular complexity index is 871. The summed E-state index contributed by atoms with van der Waals surface area (Å²) in [4.78, 5) is 12.1. The van der Waals surface area contributed by atoms with Gasteiger partial charge in [0.05, 0.1) is 5.69 Å². The first kappa shape index (κ1) is 17.0. The molecule has 25 heavy (non-hydrogen) atoms. The van der Waals surface area contributed by atoms with Crippen molar-refractivity contribution in [3.8, 4) is 11.3 Å². The lowest BCUT2D eigenvalue weighted by atomic mass is 10.1. The molecular formula is C19H19ClN4O. The number of nitrogens with zero attached hydrogens (tertiary/aromatic N) is 1. The molecular weight excluding hydrogens is 336 g/mol. The molecule has 0 aliphatic heterocycles. The molecule has 1 heterocycles. The van der Waals surface area contributed by atoms with Crippen LogP contribution in [0.3, 0.4) is 0 Å². The second-order valence-corrected chi connectivity index (χ2v) is 6.47.